The van der Waals surface area contributed by atoms with Crippen molar-refractivity contribution in [2.45, 2.75) is 74.8 Å². The molecule has 322 valence electrons. The molecule has 0 unspecified atom stereocenters. The first-order valence-electron chi connectivity index (χ1n) is 19.7. The van der Waals surface area contributed by atoms with Gasteiger partial charge >= 0.3 is 5.97 Å². The minimum atomic E-state index is -1.44. The Labute approximate surface area is 351 Å². The third-order valence-corrected chi connectivity index (χ3v) is 10.3. The molecule has 0 aliphatic carbocycles. The Kier molecular flexibility index (Phi) is 15.8. The van der Waals surface area contributed by atoms with E-state index in [0.717, 1.165) is 0 Å². The smallest absolute Gasteiger partial charge is 0.326 e. The number of nitrogens with zero attached hydrogens (tertiary/aromatic N) is 1. The number of carbonyl (C=O) groups excluding carboxylic acids is 5. The highest BCUT2D eigenvalue weighted by molar-refractivity contribution is 5.97. The molecule has 61 heavy (non-hydrogen) atoms. The molecule has 1 saturated heterocycles. The van der Waals surface area contributed by atoms with E-state index >= 15 is 0 Å². The van der Waals surface area contributed by atoms with E-state index in [9.17, 15) is 54.3 Å². The molecule has 11 N–H and O–H groups in total. The van der Waals surface area contributed by atoms with E-state index in [2.05, 4.69) is 21.3 Å². The zero-order chi connectivity index (χ0) is 44.1. The normalized spacial score (nSPS) is 16.0. The number of amides is 5. The Morgan fingerprint density at radius 3 is 1.46 bits per heavy atom. The number of hydrogen-bond donors (Lipinski definition) is 10. The number of carboxylic acid groups (broad SMARTS) is 1. The lowest BCUT2D eigenvalue weighted by molar-refractivity contribution is -0.142. The highest BCUT2D eigenvalue weighted by Gasteiger charge is 2.40. The number of phenolic OH excluding ortho intramolecular Hbond substituents is 3. The molecule has 0 saturated carbocycles. The number of rotatable bonds is 19. The molecule has 5 rings (SSSR count). The van der Waals surface area contributed by atoms with Crippen LogP contribution in [-0.2, 0) is 54.5 Å². The van der Waals surface area contributed by atoms with Crippen molar-refractivity contribution in [2.75, 3.05) is 13.2 Å². The minimum Gasteiger partial charge on any atom is -0.508 e. The first-order chi connectivity index (χ1) is 29.2. The van der Waals surface area contributed by atoms with Crippen LogP contribution in [0.1, 0.15) is 35.1 Å². The monoisotopic (exact) mass is 838 g/mol. The number of aliphatic carboxylic acids is 1. The fraction of sp³-hybridized carbons (Fsp3) is 0.318. The maximum absolute atomic E-state index is 14.3. The summed E-state index contributed by atoms with van der Waals surface area (Å²) < 4.78 is 0. The fourth-order valence-corrected chi connectivity index (χ4v) is 6.95. The van der Waals surface area contributed by atoms with Crippen LogP contribution in [-0.4, -0.2) is 115 Å². The van der Waals surface area contributed by atoms with Crippen LogP contribution in [0.25, 0.3) is 0 Å². The van der Waals surface area contributed by atoms with Gasteiger partial charge in [0.2, 0.25) is 29.5 Å². The second-order valence-corrected chi connectivity index (χ2v) is 14.9. The van der Waals surface area contributed by atoms with Crippen LogP contribution in [0.3, 0.4) is 0 Å². The zero-order valence-electron chi connectivity index (χ0n) is 33.1. The molecular formula is C44H50N6O11. The third kappa shape index (κ3) is 13.0. The van der Waals surface area contributed by atoms with Crippen molar-refractivity contribution >= 4 is 35.5 Å². The van der Waals surface area contributed by atoms with Gasteiger partial charge in [0.1, 0.15) is 53.5 Å². The molecule has 0 aromatic heterocycles. The average Bonchev–Trinajstić information content (AvgIpc) is 3.75. The first kappa shape index (κ1) is 45.1. The van der Waals surface area contributed by atoms with Gasteiger partial charge in [-0.1, -0.05) is 66.7 Å². The van der Waals surface area contributed by atoms with Gasteiger partial charge in [-0.2, -0.15) is 0 Å². The molecule has 0 bridgehead atoms. The number of aromatic hydroxyl groups is 3. The summed E-state index contributed by atoms with van der Waals surface area (Å²) >= 11 is 0. The predicted octanol–water partition coefficient (Wildman–Crippen LogP) is 0.408. The van der Waals surface area contributed by atoms with Crippen LogP contribution < -0.4 is 27.0 Å². The summed E-state index contributed by atoms with van der Waals surface area (Å²) in [6, 6.07) is 18.6. The molecule has 4 aromatic carbocycles. The lowest BCUT2D eigenvalue weighted by Gasteiger charge is -2.30. The zero-order valence-corrected chi connectivity index (χ0v) is 33.1. The van der Waals surface area contributed by atoms with E-state index in [4.69, 9.17) is 5.73 Å². The highest BCUT2D eigenvalue weighted by atomic mass is 16.4. The number of aliphatic hydroxyl groups excluding tert-OH is 1. The van der Waals surface area contributed by atoms with Gasteiger partial charge in [-0.05, 0) is 71.5 Å². The van der Waals surface area contributed by atoms with Crippen LogP contribution >= 0.6 is 0 Å². The second kappa shape index (κ2) is 21.3. The molecule has 1 aliphatic heterocycles. The predicted molar refractivity (Wildman–Crippen MR) is 221 cm³/mol. The van der Waals surface area contributed by atoms with Crippen molar-refractivity contribution in [1.82, 2.24) is 26.2 Å². The van der Waals surface area contributed by atoms with E-state index in [0.29, 0.717) is 28.7 Å². The summed E-state index contributed by atoms with van der Waals surface area (Å²) in [7, 11) is 0. The number of carboxylic acids is 1. The Bertz CT molecular complexity index is 2140. The van der Waals surface area contributed by atoms with Gasteiger partial charge < -0.3 is 57.4 Å². The largest absolute Gasteiger partial charge is 0.508 e. The molecule has 17 nitrogen and oxygen atoms in total. The molecule has 5 amide bonds. The van der Waals surface area contributed by atoms with E-state index in [1.54, 1.807) is 42.5 Å². The lowest BCUT2D eigenvalue weighted by Crippen LogP contribution is -2.60. The number of phenols is 3. The molecule has 6 atom stereocenters. The average molecular weight is 839 g/mol. The molecule has 1 heterocycles. The lowest BCUT2D eigenvalue weighted by atomic mass is 10.0. The van der Waals surface area contributed by atoms with Crippen LogP contribution in [0, 0.1) is 0 Å². The number of nitrogens with two attached hydrogens (primary N) is 1. The van der Waals surface area contributed by atoms with Crippen LogP contribution in [0.5, 0.6) is 17.2 Å². The molecular weight excluding hydrogens is 789 g/mol. The molecule has 4 aromatic rings. The molecule has 1 aliphatic rings. The van der Waals surface area contributed by atoms with E-state index < -0.39 is 78.4 Å². The number of aliphatic hydroxyl groups is 1. The molecule has 0 radical (unpaired) electrons. The Morgan fingerprint density at radius 1 is 0.574 bits per heavy atom. The van der Waals surface area contributed by atoms with Crippen molar-refractivity contribution in [3.05, 3.63) is 125 Å². The van der Waals surface area contributed by atoms with Crippen molar-refractivity contribution in [1.29, 1.82) is 0 Å². The maximum atomic E-state index is 14.3. The van der Waals surface area contributed by atoms with Gasteiger partial charge in [0.15, 0.2) is 0 Å². The molecule has 0 spiro atoms. The molecule has 1 fully saturated rings. The Hall–Kier alpha value is -6.98. The van der Waals surface area contributed by atoms with Crippen LogP contribution in [0.4, 0.5) is 0 Å². The van der Waals surface area contributed by atoms with E-state index in [-0.39, 0.29) is 55.9 Å². The first-order valence-corrected chi connectivity index (χ1v) is 19.7. The standard InChI is InChI=1S/C44H50N6O11/c45-33(25-51)39(55)48-36(23-26-5-2-1-3-6-26)43(59)50-20-4-7-38(50)42(58)47-35(22-28-10-16-31(53)17-11-28)40(56)46-34(21-27-8-14-30(52)15-9-27)41(57)49-37(44(60)61)24-29-12-18-32(54)19-13-29/h1-3,5-6,8-19,33-38,51-54H,4,7,20-25,45H2,(H,46,56)(H,47,58)(H,48,55)(H,49,57)(H,60,61)/t33-,34-,35-,36-,37-,38-/m0/s1. The van der Waals surface area contributed by atoms with Crippen molar-refractivity contribution < 1.29 is 54.3 Å². The van der Waals surface area contributed by atoms with Gasteiger partial charge in [-0.15, -0.1) is 0 Å². The fourth-order valence-electron chi connectivity index (χ4n) is 6.95. The molecule has 17 heteroatoms. The van der Waals surface area contributed by atoms with Crippen molar-refractivity contribution in [2.24, 2.45) is 5.73 Å². The Morgan fingerprint density at radius 2 is 0.984 bits per heavy atom. The van der Waals surface area contributed by atoms with Gasteiger partial charge in [-0.3, -0.25) is 24.0 Å². The summed E-state index contributed by atoms with van der Waals surface area (Å²) in [5, 5.41) is 59.5. The third-order valence-electron chi connectivity index (χ3n) is 10.3. The summed E-state index contributed by atoms with van der Waals surface area (Å²) in [5.74, 6) is -5.20. The topological polar surface area (TPSA) is 281 Å². The number of nitrogens with one attached hydrogen (secondary N) is 4. The van der Waals surface area contributed by atoms with Gasteiger partial charge in [0, 0.05) is 32.2 Å². The highest BCUT2D eigenvalue weighted by Crippen LogP contribution is 2.21. The Balaban J connectivity index is 1.39. The van der Waals surface area contributed by atoms with E-state index in [1.165, 1.54) is 65.6 Å². The summed E-state index contributed by atoms with van der Waals surface area (Å²) in [4.78, 5) is 83.0. The van der Waals surface area contributed by atoms with Crippen LogP contribution in [0.15, 0.2) is 103 Å². The number of hydrogen-bond acceptors (Lipinski definition) is 11. The summed E-state index contributed by atoms with van der Waals surface area (Å²) in [5.41, 5.74) is 7.98. The minimum absolute atomic E-state index is 0.0299. The number of likely N-dealkylation sites (tertiary alicyclic amines) is 1. The second-order valence-electron chi connectivity index (χ2n) is 14.9. The van der Waals surface area contributed by atoms with Crippen LogP contribution in [0.2, 0.25) is 0 Å². The quantitative estimate of drug-likeness (QED) is 0.0615. The SMILES string of the molecule is N[C@@H](CO)C(=O)N[C@@H](Cc1ccccc1)C(=O)N1CCC[C@H]1C(=O)N[C@@H](Cc1ccc(O)cc1)C(=O)N[C@@H](Cc1ccc(O)cc1)C(=O)N[C@@H](Cc1ccc(O)cc1)C(=O)O. The van der Waals surface area contributed by atoms with E-state index in [1.807, 2.05) is 0 Å². The maximum Gasteiger partial charge on any atom is 0.326 e. The van der Waals surface area contributed by atoms with Gasteiger partial charge in [0.05, 0.1) is 6.61 Å². The number of benzene rings is 4. The summed E-state index contributed by atoms with van der Waals surface area (Å²) in [6.07, 6.45) is 0.268. The van der Waals surface area contributed by atoms with Crippen molar-refractivity contribution in [3.63, 3.8) is 0 Å². The summed E-state index contributed by atoms with van der Waals surface area (Å²) in [6.45, 7) is -0.503. The van der Waals surface area contributed by atoms with Crippen molar-refractivity contribution in [3.8, 4) is 17.2 Å². The van der Waals surface area contributed by atoms with Gasteiger partial charge in [0.25, 0.3) is 0 Å². The number of carbonyl (C=O) groups is 6. The van der Waals surface area contributed by atoms with Gasteiger partial charge in [-0.25, -0.2) is 4.79 Å².